The van der Waals surface area contributed by atoms with Gasteiger partial charge >= 0.3 is 0 Å². The van der Waals surface area contributed by atoms with E-state index < -0.39 is 0 Å². The van der Waals surface area contributed by atoms with Gasteiger partial charge in [0.1, 0.15) is 0 Å². The summed E-state index contributed by atoms with van der Waals surface area (Å²) in [6.07, 6.45) is 3.95. The summed E-state index contributed by atoms with van der Waals surface area (Å²) in [5.74, 6) is 1.62. The van der Waals surface area contributed by atoms with Gasteiger partial charge < -0.3 is 5.32 Å². The summed E-state index contributed by atoms with van der Waals surface area (Å²) < 4.78 is 0. The second-order valence-corrected chi connectivity index (χ2v) is 7.04. The van der Waals surface area contributed by atoms with E-state index in [1.807, 2.05) is 0 Å². The first-order valence-corrected chi connectivity index (χ1v) is 7.88. The Balaban J connectivity index is 2.65. The van der Waals surface area contributed by atoms with Crippen LogP contribution in [0.4, 0.5) is 0 Å². The van der Waals surface area contributed by atoms with Crippen molar-refractivity contribution >= 4 is 0 Å². The monoisotopic (exact) mass is 254 g/mol. The number of nitrogens with zero attached hydrogens (tertiary/aromatic N) is 1. The molecule has 1 N–H and O–H groups in total. The minimum absolute atomic E-state index is 0.274. The first kappa shape index (κ1) is 16.0. The van der Waals surface area contributed by atoms with Crippen molar-refractivity contribution in [2.24, 2.45) is 11.8 Å². The molecule has 3 unspecified atom stereocenters. The van der Waals surface area contributed by atoms with Gasteiger partial charge in [-0.2, -0.15) is 0 Å². The summed E-state index contributed by atoms with van der Waals surface area (Å²) in [6, 6.07) is 0.724. The van der Waals surface area contributed by atoms with E-state index in [-0.39, 0.29) is 5.54 Å². The van der Waals surface area contributed by atoms with Crippen LogP contribution in [0.15, 0.2) is 0 Å². The zero-order chi connectivity index (χ0) is 13.8. The maximum Gasteiger partial charge on any atom is 0.0252 e. The summed E-state index contributed by atoms with van der Waals surface area (Å²) in [5, 5.41) is 3.72. The molecule has 1 rings (SSSR count). The highest BCUT2D eigenvalue weighted by Crippen LogP contribution is 2.24. The van der Waals surface area contributed by atoms with Crippen LogP contribution in [0.5, 0.6) is 0 Å². The molecule has 2 heteroatoms. The van der Waals surface area contributed by atoms with Crippen LogP contribution in [0.3, 0.4) is 0 Å². The van der Waals surface area contributed by atoms with E-state index in [0.717, 1.165) is 24.4 Å². The van der Waals surface area contributed by atoms with Gasteiger partial charge in [-0.05, 0) is 32.1 Å². The minimum Gasteiger partial charge on any atom is -0.309 e. The van der Waals surface area contributed by atoms with Crippen molar-refractivity contribution in [1.82, 2.24) is 10.2 Å². The Kier molecular flexibility index (Phi) is 6.13. The normalized spacial score (nSPS) is 28.0. The van der Waals surface area contributed by atoms with Gasteiger partial charge in [-0.25, -0.2) is 0 Å². The first-order valence-electron chi connectivity index (χ1n) is 7.88. The lowest BCUT2D eigenvalue weighted by Gasteiger charge is -2.47. The van der Waals surface area contributed by atoms with E-state index >= 15 is 0 Å². The molecule has 0 aromatic rings. The molecule has 0 aromatic carbocycles. The maximum atomic E-state index is 3.72. The second kappa shape index (κ2) is 6.91. The highest BCUT2D eigenvalue weighted by molar-refractivity contribution is 4.94. The van der Waals surface area contributed by atoms with Crippen LogP contribution in [-0.2, 0) is 0 Å². The molecular formula is C16H34N2. The minimum atomic E-state index is 0.274. The molecule has 0 aromatic heterocycles. The summed E-state index contributed by atoms with van der Waals surface area (Å²) >= 11 is 0. The third-order valence-corrected chi connectivity index (χ3v) is 4.49. The highest BCUT2D eigenvalue weighted by Gasteiger charge is 2.34. The third-order valence-electron chi connectivity index (χ3n) is 4.49. The fourth-order valence-electron chi connectivity index (χ4n) is 3.21. The van der Waals surface area contributed by atoms with Crippen molar-refractivity contribution in [3.05, 3.63) is 0 Å². The number of hydrogen-bond donors (Lipinski definition) is 1. The SMILES string of the molecule is CCCC(C)CN1CC(C)(C)NCC1C(C)CC. The van der Waals surface area contributed by atoms with Crippen LogP contribution in [-0.4, -0.2) is 36.1 Å². The van der Waals surface area contributed by atoms with Gasteiger partial charge in [-0.1, -0.05) is 40.5 Å². The lowest BCUT2D eigenvalue weighted by Crippen LogP contribution is -2.63. The lowest BCUT2D eigenvalue weighted by molar-refractivity contribution is 0.0510. The van der Waals surface area contributed by atoms with E-state index in [1.54, 1.807) is 0 Å². The van der Waals surface area contributed by atoms with Gasteiger partial charge in [-0.15, -0.1) is 0 Å². The average Bonchev–Trinajstić information content (AvgIpc) is 2.27. The molecule has 0 aliphatic carbocycles. The number of nitrogens with one attached hydrogen (secondary N) is 1. The van der Waals surface area contributed by atoms with E-state index in [4.69, 9.17) is 0 Å². The van der Waals surface area contributed by atoms with Gasteiger partial charge in [0.25, 0.3) is 0 Å². The van der Waals surface area contributed by atoms with E-state index in [9.17, 15) is 0 Å². The molecule has 1 saturated heterocycles. The summed E-state index contributed by atoms with van der Waals surface area (Å²) in [4.78, 5) is 2.75. The van der Waals surface area contributed by atoms with Gasteiger partial charge in [0.15, 0.2) is 0 Å². The molecule has 0 amide bonds. The number of rotatable bonds is 6. The van der Waals surface area contributed by atoms with E-state index in [0.29, 0.717) is 0 Å². The standard InChI is InChI=1S/C16H34N2/c1-7-9-13(3)11-18-12-16(5,6)17-10-15(18)14(4)8-2/h13-15,17H,7-12H2,1-6H3. The average molecular weight is 254 g/mol. The van der Waals surface area contributed by atoms with Crippen LogP contribution in [0.1, 0.15) is 60.8 Å². The molecule has 0 bridgehead atoms. The number of hydrogen-bond acceptors (Lipinski definition) is 2. The van der Waals surface area contributed by atoms with Gasteiger partial charge in [0.2, 0.25) is 0 Å². The molecule has 1 aliphatic rings. The Morgan fingerprint density at radius 3 is 2.50 bits per heavy atom. The quantitative estimate of drug-likeness (QED) is 0.780. The second-order valence-electron chi connectivity index (χ2n) is 7.04. The third kappa shape index (κ3) is 4.55. The largest absolute Gasteiger partial charge is 0.309 e. The molecule has 108 valence electrons. The number of piperazine rings is 1. The first-order chi connectivity index (χ1) is 8.39. The molecular weight excluding hydrogens is 220 g/mol. The van der Waals surface area contributed by atoms with Gasteiger partial charge in [-0.3, -0.25) is 4.90 Å². The Morgan fingerprint density at radius 2 is 1.94 bits per heavy atom. The molecule has 3 atom stereocenters. The Morgan fingerprint density at radius 1 is 1.28 bits per heavy atom. The Bertz CT molecular complexity index is 237. The highest BCUT2D eigenvalue weighted by atomic mass is 15.3. The van der Waals surface area contributed by atoms with Crippen LogP contribution >= 0.6 is 0 Å². The van der Waals surface area contributed by atoms with Crippen molar-refractivity contribution in [3.63, 3.8) is 0 Å². The fourth-order valence-corrected chi connectivity index (χ4v) is 3.21. The molecule has 0 radical (unpaired) electrons. The molecule has 18 heavy (non-hydrogen) atoms. The maximum absolute atomic E-state index is 3.72. The van der Waals surface area contributed by atoms with E-state index in [1.165, 1.54) is 32.4 Å². The van der Waals surface area contributed by atoms with Crippen molar-refractivity contribution in [2.45, 2.75) is 72.4 Å². The summed E-state index contributed by atoms with van der Waals surface area (Å²) in [6.45, 7) is 17.7. The molecule has 2 nitrogen and oxygen atoms in total. The molecule has 1 fully saturated rings. The van der Waals surface area contributed by atoms with Crippen LogP contribution < -0.4 is 5.32 Å². The van der Waals surface area contributed by atoms with Crippen molar-refractivity contribution in [2.75, 3.05) is 19.6 Å². The Labute approximate surface area is 115 Å². The van der Waals surface area contributed by atoms with Gasteiger partial charge in [0, 0.05) is 31.2 Å². The van der Waals surface area contributed by atoms with Crippen LogP contribution in [0, 0.1) is 11.8 Å². The van der Waals surface area contributed by atoms with Crippen molar-refractivity contribution < 1.29 is 0 Å². The summed E-state index contributed by atoms with van der Waals surface area (Å²) in [5.41, 5.74) is 0.274. The van der Waals surface area contributed by atoms with Gasteiger partial charge in [0.05, 0.1) is 0 Å². The Hall–Kier alpha value is -0.0800. The van der Waals surface area contributed by atoms with Crippen molar-refractivity contribution in [3.8, 4) is 0 Å². The zero-order valence-corrected chi connectivity index (χ0v) is 13.4. The molecule has 1 aliphatic heterocycles. The zero-order valence-electron chi connectivity index (χ0n) is 13.4. The molecule has 0 spiro atoms. The van der Waals surface area contributed by atoms with Crippen LogP contribution in [0.25, 0.3) is 0 Å². The summed E-state index contributed by atoms with van der Waals surface area (Å²) in [7, 11) is 0. The lowest BCUT2D eigenvalue weighted by atomic mass is 9.89. The fraction of sp³-hybridized carbons (Fsp3) is 1.00. The molecule has 1 heterocycles. The van der Waals surface area contributed by atoms with E-state index in [2.05, 4.69) is 51.8 Å². The van der Waals surface area contributed by atoms with Crippen molar-refractivity contribution in [1.29, 1.82) is 0 Å². The topological polar surface area (TPSA) is 15.3 Å². The molecule has 0 saturated carbocycles. The van der Waals surface area contributed by atoms with Crippen LogP contribution in [0.2, 0.25) is 0 Å². The predicted octanol–water partition coefficient (Wildman–Crippen LogP) is 3.52. The smallest absolute Gasteiger partial charge is 0.0252 e. The predicted molar refractivity (Wildman–Crippen MR) is 81.0 cm³/mol.